The van der Waals surface area contributed by atoms with Crippen LogP contribution in [0.1, 0.15) is 5.56 Å². The highest BCUT2D eigenvalue weighted by Gasteiger charge is 2.17. The Kier molecular flexibility index (Phi) is 3.82. The minimum atomic E-state index is -0.298. The van der Waals surface area contributed by atoms with Crippen LogP contribution in [-0.4, -0.2) is 19.3 Å². The first-order valence-electron chi connectivity index (χ1n) is 7.20. The van der Waals surface area contributed by atoms with E-state index < -0.39 is 0 Å². The predicted molar refractivity (Wildman–Crippen MR) is 88.8 cm³/mol. The Bertz CT molecular complexity index is 870. The highest BCUT2D eigenvalue weighted by atomic mass is 19.1. The van der Waals surface area contributed by atoms with Gasteiger partial charge in [0.1, 0.15) is 11.6 Å². The van der Waals surface area contributed by atoms with E-state index in [-0.39, 0.29) is 11.6 Å². The third kappa shape index (κ3) is 2.46. The fourth-order valence-electron chi connectivity index (χ4n) is 2.84. The van der Waals surface area contributed by atoms with E-state index in [9.17, 15) is 9.50 Å². The number of methoxy groups -OCH3 is 2. The van der Waals surface area contributed by atoms with Crippen LogP contribution in [0.2, 0.25) is 0 Å². The lowest BCUT2D eigenvalue weighted by atomic mass is 9.94. The molecule has 3 nitrogen and oxygen atoms in total. The molecule has 0 amide bonds. The predicted octanol–water partition coefficient (Wildman–Crippen LogP) is 4.68. The standard InChI is InChI=1S/C19H17FO3/c1-11-16(21)10-15(12-4-6-13(20)7-5-12)14-8-9-17(22-2)19(23-3)18(11)14/h4-10,21H,1-3H3. The largest absolute Gasteiger partial charge is 0.508 e. The van der Waals surface area contributed by atoms with Crippen molar-refractivity contribution in [2.24, 2.45) is 0 Å². The first-order chi connectivity index (χ1) is 11.1. The van der Waals surface area contributed by atoms with Crippen molar-refractivity contribution >= 4 is 10.8 Å². The van der Waals surface area contributed by atoms with Crippen molar-refractivity contribution < 1.29 is 19.0 Å². The van der Waals surface area contributed by atoms with Crippen LogP contribution in [0, 0.1) is 12.7 Å². The second-order valence-corrected chi connectivity index (χ2v) is 5.30. The number of phenolic OH excluding ortho intramolecular Hbond substituents is 1. The van der Waals surface area contributed by atoms with Crippen molar-refractivity contribution in [3.05, 3.63) is 53.8 Å². The molecule has 3 rings (SSSR count). The van der Waals surface area contributed by atoms with Gasteiger partial charge in [-0.05, 0) is 53.8 Å². The molecule has 3 aromatic rings. The number of hydrogen-bond acceptors (Lipinski definition) is 3. The number of aryl methyl sites for hydroxylation is 1. The van der Waals surface area contributed by atoms with Gasteiger partial charge in [0.2, 0.25) is 0 Å². The molecule has 0 aromatic heterocycles. The van der Waals surface area contributed by atoms with Crippen molar-refractivity contribution in [3.63, 3.8) is 0 Å². The molecule has 4 heteroatoms. The van der Waals surface area contributed by atoms with Gasteiger partial charge in [-0.25, -0.2) is 4.39 Å². The van der Waals surface area contributed by atoms with Crippen molar-refractivity contribution in [1.82, 2.24) is 0 Å². The Labute approximate surface area is 133 Å². The molecule has 0 heterocycles. The average molecular weight is 312 g/mol. The van der Waals surface area contributed by atoms with Gasteiger partial charge in [-0.1, -0.05) is 12.1 Å². The van der Waals surface area contributed by atoms with Gasteiger partial charge in [0.15, 0.2) is 11.5 Å². The number of halogens is 1. The Morgan fingerprint density at radius 3 is 2.26 bits per heavy atom. The fraction of sp³-hybridized carbons (Fsp3) is 0.158. The van der Waals surface area contributed by atoms with Crippen LogP contribution < -0.4 is 9.47 Å². The molecule has 0 radical (unpaired) electrons. The molecular formula is C19H17FO3. The van der Waals surface area contributed by atoms with Crippen molar-refractivity contribution in [1.29, 1.82) is 0 Å². The van der Waals surface area contributed by atoms with E-state index in [4.69, 9.17) is 9.47 Å². The normalized spacial score (nSPS) is 10.8. The van der Waals surface area contributed by atoms with Gasteiger partial charge in [-0.15, -0.1) is 0 Å². The molecule has 118 valence electrons. The Balaban J connectivity index is 2.40. The maximum absolute atomic E-state index is 13.2. The summed E-state index contributed by atoms with van der Waals surface area (Å²) >= 11 is 0. The summed E-state index contributed by atoms with van der Waals surface area (Å²) in [7, 11) is 3.14. The molecule has 0 aliphatic rings. The van der Waals surface area contributed by atoms with Gasteiger partial charge in [0.05, 0.1) is 14.2 Å². The quantitative estimate of drug-likeness (QED) is 0.763. The number of phenols is 1. The summed E-state index contributed by atoms with van der Waals surface area (Å²) < 4.78 is 24.0. The smallest absolute Gasteiger partial charge is 0.168 e. The molecule has 0 atom stereocenters. The summed E-state index contributed by atoms with van der Waals surface area (Å²) in [5.41, 5.74) is 2.34. The Morgan fingerprint density at radius 2 is 1.65 bits per heavy atom. The summed E-state index contributed by atoms with van der Waals surface area (Å²) in [4.78, 5) is 0. The molecule has 0 unspecified atom stereocenters. The zero-order valence-electron chi connectivity index (χ0n) is 13.2. The molecule has 0 spiro atoms. The summed E-state index contributed by atoms with van der Waals surface area (Å²) in [6.45, 7) is 1.83. The number of ether oxygens (including phenoxy) is 2. The molecule has 0 bridgehead atoms. The summed E-state index contributed by atoms with van der Waals surface area (Å²) in [6, 6.07) is 11.6. The second-order valence-electron chi connectivity index (χ2n) is 5.30. The van der Waals surface area contributed by atoms with Crippen LogP contribution in [0.4, 0.5) is 4.39 Å². The van der Waals surface area contributed by atoms with Crippen molar-refractivity contribution in [2.45, 2.75) is 6.92 Å². The maximum Gasteiger partial charge on any atom is 0.168 e. The number of fused-ring (bicyclic) bond motifs is 1. The number of benzene rings is 3. The minimum Gasteiger partial charge on any atom is -0.508 e. The zero-order valence-corrected chi connectivity index (χ0v) is 13.2. The lowest BCUT2D eigenvalue weighted by Gasteiger charge is -2.16. The van der Waals surface area contributed by atoms with Crippen LogP contribution >= 0.6 is 0 Å². The van der Waals surface area contributed by atoms with Gasteiger partial charge in [-0.2, -0.15) is 0 Å². The third-order valence-electron chi connectivity index (χ3n) is 4.03. The first kappa shape index (κ1) is 15.2. The number of aromatic hydroxyl groups is 1. The van der Waals surface area contributed by atoms with Crippen molar-refractivity contribution in [3.8, 4) is 28.4 Å². The molecule has 0 aliphatic carbocycles. The van der Waals surface area contributed by atoms with Crippen LogP contribution in [0.3, 0.4) is 0 Å². The monoisotopic (exact) mass is 312 g/mol. The molecule has 0 aliphatic heterocycles. The van der Waals surface area contributed by atoms with E-state index in [0.29, 0.717) is 17.1 Å². The average Bonchev–Trinajstić information content (AvgIpc) is 2.57. The highest BCUT2D eigenvalue weighted by Crippen LogP contribution is 2.44. The molecular weight excluding hydrogens is 295 g/mol. The third-order valence-corrected chi connectivity index (χ3v) is 4.03. The highest BCUT2D eigenvalue weighted by molar-refractivity contribution is 6.04. The van der Waals surface area contributed by atoms with E-state index in [1.165, 1.54) is 12.1 Å². The molecule has 3 aromatic carbocycles. The van der Waals surface area contributed by atoms with Gasteiger partial charge in [-0.3, -0.25) is 0 Å². The first-order valence-corrected chi connectivity index (χ1v) is 7.20. The molecule has 1 N–H and O–H groups in total. The van der Waals surface area contributed by atoms with Crippen LogP contribution in [0.5, 0.6) is 17.2 Å². The maximum atomic E-state index is 13.2. The molecule has 0 saturated heterocycles. The van der Waals surface area contributed by atoms with E-state index in [1.807, 2.05) is 19.1 Å². The van der Waals surface area contributed by atoms with E-state index in [2.05, 4.69) is 0 Å². The number of rotatable bonds is 3. The lowest BCUT2D eigenvalue weighted by Crippen LogP contribution is -1.95. The Hall–Kier alpha value is -2.75. The van der Waals surface area contributed by atoms with E-state index in [1.54, 1.807) is 32.4 Å². The Morgan fingerprint density at radius 1 is 0.957 bits per heavy atom. The van der Waals surface area contributed by atoms with Crippen LogP contribution in [-0.2, 0) is 0 Å². The number of hydrogen-bond donors (Lipinski definition) is 1. The van der Waals surface area contributed by atoms with Crippen LogP contribution in [0.15, 0.2) is 42.5 Å². The summed E-state index contributed by atoms with van der Waals surface area (Å²) in [6.07, 6.45) is 0. The second kappa shape index (κ2) is 5.80. The summed E-state index contributed by atoms with van der Waals surface area (Å²) in [5, 5.41) is 12.0. The summed E-state index contributed by atoms with van der Waals surface area (Å²) in [5.74, 6) is 1.03. The molecule has 0 saturated carbocycles. The lowest BCUT2D eigenvalue weighted by molar-refractivity contribution is 0.358. The fourth-order valence-corrected chi connectivity index (χ4v) is 2.84. The van der Waals surface area contributed by atoms with Gasteiger partial charge >= 0.3 is 0 Å². The zero-order chi connectivity index (χ0) is 16.6. The van der Waals surface area contributed by atoms with E-state index in [0.717, 1.165) is 21.9 Å². The molecule has 23 heavy (non-hydrogen) atoms. The topological polar surface area (TPSA) is 38.7 Å². The SMILES string of the molecule is COc1ccc2c(-c3ccc(F)cc3)cc(O)c(C)c2c1OC. The minimum absolute atomic E-state index is 0.156. The van der Waals surface area contributed by atoms with Gasteiger partial charge in [0, 0.05) is 10.9 Å². The van der Waals surface area contributed by atoms with Gasteiger partial charge < -0.3 is 14.6 Å². The van der Waals surface area contributed by atoms with Crippen LogP contribution in [0.25, 0.3) is 21.9 Å². The van der Waals surface area contributed by atoms with E-state index >= 15 is 0 Å². The van der Waals surface area contributed by atoms with Gasteiger partial charge in [0.25, 0.3) is 0 Å². The molecule has 0 fully saturated rings. The van der Waals surface area contributed by atoms with Crippen molar-refractivity contribution in [2.75, 3.05) is 14.2 Å².